The number of hydrogen-bond donors (Lipinski definition) is 0. The highest BCUT2D eigenvalue weighted by atomic mass is 32.1. The molecule has 1 fully saturated rings. The van der Waals surface area contributed by atoms with Gasteiger partial charge in [-0.1, -0.05) is 0 Å². The molecule has 0 aromatic carbocycles. The third-order valence-electron chi connectivity index (χ3n) is 2.29. The molecule has 0 unspecified atom stereocenters. The molecule has 0 radical (unpaired) electrons. The van der Waals surface area contributed by atoms with Gasteiger partial charge in [0.05, 0.1) is 0 Å². The molecule has 2 aromatic rings. The van der Waals surface area contributed by atoms with E-state index in [4.69, 9.17) is 4.42 Å². The molecule has 0 atom stereocenters. The number of aromatic nitrogens is 2. The molecule has 1 saturated carbocycles. The van der Waals surface area contributed by atoms with E-state index in [1.54, 1.807) is 17.6 Å². The van der Waals surface area contributed by atoms with Crippen LogP contribution in [0.25, 0.3) is 10.7 Å². The summed E-state index contributed by atoms with van der Waals surface area (Å²) >= 11 is 1.61. The Hall–Kier alpha value is -1.16. The van der Waals surface area contributed by atoms with Crippen LogP contribution < -0.4 is 0 Å². The third kappa shape index (κ3) is 1.35. The Labute approximate surface area is 85.8 Å². The van der Waals surface area contributed by atoms with Crippen molar-refractivity contribution < 1.29 is 4.42 Å². The van der Waals surface area contributed by atoms with Gasteiger partial charge in [0.25, 0.3) is 0 Å². The monoisotopic (exact) mass is 206 g/mol. The van der Waals surface area contributed by atoms with E-state index in [0.717, 1.165) is 22.3 Å². The number of aryl methyl sites for hydroxylation is 1. The summed E-state index contributed by atoms with van der Waals surface area (Å²) in [7, 11) is 0. The number of nitrogens with zero attached hydrogens (tertiary/aromatic N) is 2. The average Bonchev–Trinajstić information content (AvgIpc) is 2.76. The van der Waals surface area contributed by atoms with Crippen LogP contribution in [0.15, 0.2) is 16.1 Å². The number of hydrogen-bond acceptors (Lipinski definition) is 4. The Bertz CT molecular complexity index is 456. The Kier molecular flexibility index (Phi) is 1.70. The van der Waals surface area contributed by atoms with Gasteiger partial charge in [0.1, 0.15) is 17.0 Å². The van der Waals surface area contributed by atoms with Crippen molar-refractivity contribution in [1.29, 1.82) is 0 Å². The van der Waals surface area contributed by atoms with Gasteiger partial charge in [-0.15, -0.1) is 11.3 Å². The minimum Gasteiger partial charge on any atom is -0.448 e. The first-order valence-corrected chi connectivity index (χ1v) is 5.59. The Balaban J connectivity index is 1.95. The van der Waals surface area contributed by atoms with Crippen molar-refractivity contribution in [3.63, 3.8) is 0 Å². The average molecular weight is 206 g/mol. The summed E-state index contributed by atoms with van der Waals surface area (Å²) in [5, 5.41) is 2.99. The van der Waals surface area contributed by atoms with Crippen LogP contribution >= 0.6 is 11.3 Å². The van der Waals surface area contributed by atoms with Crippen LogP contribution in [-0.4, -0.2) is 9.97 Å². The quantitative estimate of drug-likeness (QED) is 0.758. The normalized spacial score (nSPS) is 16.1. The van der Waals surface area contributed by atoms with Crippen LogP contribution in [0.4, 0.5) is 0 Å². The first-order valence-electron chi connectivity index (χ1n) is 4.71. The fraction of sp³-hybridized carbons (Fsp3) is 0.400. The summed E-state index contributed by atoms with van der Waals surface area (Å²) in [6.45, 7) is 1.99. The van der Waals surface area contributed by atoms with E-state index in [9.17, 15) is 0 Å². The highest BCUT2D eigenvalue weighted by Crippen LogP contribution is 2.40. The summed E-state index contributed by atoms with van der Waals surface area (Å²) in [6.07, 6.45) is 4.15. The molecule has 1 aliphatic carbocycles. The van der Waals surface area contributed by atoms with Gasteiger partial charge in [0.2, 0.25) is 0 Å². The molecule has 3 rings (SSSR count). The number of oxazole rings is 1. The summed E-state index contributed by atoms with van der Waals surface area (Å²) in [4.78, 5) is 8.81. The van der Waals surface area contributed by atoms with E-state index in [2.05, 4.69) is 9.97 Å². The highest BCUT2D eigenvalue weighted by Gasteiger charge is 2.28. The molecule has 3 nitrogen and oxygen atoms in total. The van der Waals surface area contributed by atoms with Gasteiger partial charge >= 0.3 is 0 Å². The number of rotatable bonds is 2. The fourth-order valence-corrected chi connectivity index (χ4v) is 2.12. The van der Waals surface area contributed by atoms with Crippen molar-refractivity contribution in [3.8, 4) is 10.7 Å². The van der Waals surface area contributed by atoms with Gasteiger partial charge in [-0.05, 0) is 19.8 Å². The minimum atomic E-state index is 0.574. The van der Waals surface area contributed by atoms with Crippen LogP contribution in [0.5, 0.6) is 0 Å². The van der Waals surface area contributed by atoms with E-state index >= 15 is 0 Å². The molecule has 2 heterocycles. The van der Waals surface area contributed by atoms with Crippen LogP contribution in [0.2, 0.25) is 0 Å². The Morgan fingerprint density at radius 3 is 2.93 bits per heavy atom. The molecule has 0 bridgehead atoms. The molecular formula is C10H10N2OS. The molecule has 0 saturated heterocycles. The first-order chi connectivity index (χ1) is 6.83. The SMILES string of the molecule is Cc1csc(-c2coc(C3CC3)n2)n1. The zero-order valence-corrected chi connectivity index (χ0v) is 8.67. The maximum atomic E-state index is 5.41. The molecule has 2 aromatic heterocycles. The first kappa shape index (κ1) is 8.17. The predicted octanol–water partition coefficient (Wildman–Crippen LogP) is 2.98. The van der Waals surface area contributed by atoms with Crippen molar-refractivity contribution in [2.45, 2.75) is 25.7 Å². The van der Waals surface area contributed by atoms with E-state index in [1.165, 1.54) is 12.8 Å². The lowest BCUT2D eigenvalue weighted by atomic mass is 10.4. The summed E-state index contributed by atoms with van der Waals surface area (Å²) in [5.74, 6) is 1.46. The largest absolute Gasteiger partial charge is 0.448 e. The lowest BCUT2D eigenvalue weighted by molar-refractivity contribution is 0.497. The van der Waals surface area contributed by atoms with Crippen molar-refractivity contribution in [1.82, 2.24) is 9.97 Å². The van der Waals surface area contributed by atoms with Gasteiger partial charge in [0.15, 0.2) is 5.89 Å². The molecule has 72 valence electrons. The van der Waals surface area contributed by atoms with E-state index < -0.39 is 0 Å². The van der Waals surface area contributed by atoms with Gasteiger partial charge in [0, 0.05) is 17.0 Å². The van der Waals surface area contributed by atoms with Crippen LogP contribution in [0.1, 0.15) is 30.3 Å². The molecule has 0 spiro atoms. The Morgan fingerprint density at radius 2 is 2.29 bits per heavy atom. The fourth-order valence-electron chi connectivity index (χ4n) is 1.38. The molecule has 0 amide bonds. The summed E-state index contributed by atoms with van der Waals surface area (Å²) < 4.78 is 5.41. The van der Waals surface area contributed by atoms with E-state index in [0.29, 0.717) is 5.92 Å². The second-order valence-electron chi connectivity index (χ2n) is 3.64. The molecule has 1 aliphatic rings. The Morgan fingerprint density at radius 1 is 1.43 bits per heavy atom. The van der Waals surface area contributed by atoms with Gasteiger partial charge < -0.3 is 4.42 Å². The van der Waals surface area contributed by atoms with Crippen molar-refractivity contribution in [3.05, 3.63) is 23.2 Å². The van der Waals surface area contributed by atoms with Crippen molar-refractivity contribution >= 4 is 11.3 Å². The predicted molar refractivity (Wildman–Crippen MR) is 54.3 cm³/mol. The van der Waals surface area contributed by atoms with Gasteiger partial charge in [-0.3, -0.25) is 0 Å². The minimum absolute atomic E-state index is 0.574. The topological polar surface area (TPSA) is 38.9 Å². The standard InChI is InChI=1S/C10H10N2OS/c1-6-5-14-10(11-6)8-4-13-9(12-8)7-2-3-7/h4-5,7H,2-3H2,1H3. The summed E-state index contributed by atoms with van der Waals surface area (Å²) in [5.41, 5.74) is 1.92. The van der Waals surface area contributed by atoms with Crippen molar-refractivity contribution in [2.75, 3.05) is 0 Å². The second-order valence-corrected chi connectivity index (χ2v) is 4.50. The lowest BCUT2D eigenvalue weighted by Gasteiger charge is -1.85. The number of thiazole rings is 1. The second kappa shape index (κ2) is 2.92. The van der Waals surface area contributed by atoms with Crippen molar-refractivity contribution in [2.24, 2.45) is 0 Å². The highest BCUT2D eigenvalue weighted by molar-refractivity contribution is 7.13. The smallest absolute Gasteiger partial charge is 0.197 e. The lowest BCUT2D eigenvalue weighted by Crippen LogP contribution is -1.80. The van der Waals surface area contributed by atoms with E-state index in [1.807, 2.05) is 12.3 Å². The molecule has 0 aliphatic heterocycles. The zero-order valence-electron chi connectivity index (χ0n) is 7.86. The van der Waals surface area contributed by atoms with Gasteiger partial charge in [-0.2, -0.15) is 0 Å². The molecular weight excluding hydrogens is 196 g/mol. The molecule has 14 heavy (non-hydrogen) atoms. The van der Waals surface area contributed by atoms with Crippen LogP contribution in [0.3, 0.4) is 0 Å². The third-order valence-corrected chi connectivity index (χ3v) is 3.27. The van der Waals surface area contributed by atoms with Crippen LogP contribution in [0, 0.1) is 6.92 Å². The zero-order chi connectivity index (χ0) is 9.54. The molecule has 0 N–H and O–H groups in total. The van der Waals surface area contributed by atoms with E-state index in [-0.39, 0.29) is 0 Å². The molecule has 4 heteroatoms. The summed E-state index contributed by atoms with van der Waals surface area (Å²) in [6, 6.07) is 0. The van der Waals surface area contributed by atoms with Crippen LogP contribution in [-0.2, 0) is 0 Å². The maximum Gasteiger partial charge on any atom is 0.197 e. The maximum absolute atomic E-state index is 5.41. The van der Waals surface area contributed by atoms with Gasteiger partial charge in [-0.25, -0.2) is 9.97 Å².